The van der Waals surface area contributed by atoms with Gasteiger partial charge in [0.1, 0.15) is 11.6 Å². The topological polar surface area (TPSA) is 63.7 Å². The minimum atomic E-state index is 0.630. The molecule has 2 heterocycles. The third kappa shape index (κ3) is 2.61. The van der Waals surface area contributed by atoms with Gasteiger partial charge < -0.3 is 9.72 Å². The maximum atomic E-state index is 5.64. The van der Waals surface area contributed by atoms with E-state index in [1.54, 1.807) is 12.4 Å². The summed E-state index contributed by atoms with van der Waals surface area (Å²) in [6, 6.07) is 7.88. The van der Waals surface area contributed by atoms with Crippen molar-refractivity contribution in [3.05, 3.63) is 36.7 Å². The number of benzene rings is 1. The minimum Gasteiger partial charge on any atom is -0.494 e. The maximum Gasteiger partial charge on any atom is 0.197 e. The first kappa shape index (κ1) is 12.6. The molecule has 5 nitrogen and oxygen atoms in total. The number of nitrogens with zero attached hydrogens (tertiary/aromatic N) is 3. The first-order chi connectivity index (χ1) is 9.86. The number of nitrogens with one attached hydrogen (secondary N) is 1. The molecule has 2 aromatic heterocycles. The second kappa shape index (κ2) is 5.69. The molecule has 0 aliphatic rings. The SMILES string of the molecule is CCCCOc1ccc(-c2nc3nccnc3[nH]2)cc1. The maximum absolute atomic E-state index is 5.64. The molecule has 102 valence electrons. The van der Waals surface area contributed by atoms with E-state index in [0.29, 0.717) is 11.3 Å². The van der Waals surface area contributed by atoms with Gasteiger partial charge >= 0.3 is 0 Å². The second-order valence-corrected chi connectivity index (χ2v) is 4.54. The van der Waals surface area contributed by atoms with E-state index in [9.17, 15) is 0 Å². The number of rotatable bonds is 5. The lowest BCUT2D eigenvalue weighted by molar-refractivity contribution is 0.309. The number of imidazole rings is 1. The zero-order chi connectivity index (χ0) is 13.8. The lowest BCUT2D eigenvalue weighted by Gasteiger charge is -2.05. The fourth-order valence-electron chi connectivity index (χ4n) is 1.93. The number of unbranched alkanes of at least 4 members (excludes halogenated alkanes) is 1. The molecule has 3 rings (SSSR count). The van der Waals surface area contributed by atoms with Crippen LogP contribution in [0.15, 0.2) is 36.7 Å². The summed E-state index contributed by atoms with van der Waals surface area (Å²) in [4.78, 5) is 15.9. The van der Waals surface area contributed by atoms with E-state index in [-0.39, 0.29) is 0 Å². The highest BCUT2D eigenvalue weighted by molar-refractivity contribution is 5.71. The van der Waals surface area contributed by atoms with Crippen LogP contribution in [0.3, 0.4) is 0 Å². The van der Waals surface area contributed by atoms with Crippen molar-refractivity contribution in [3.63, 3.8) is 0 Å². The van der Waals surface area contributed by atoms with E-state index in [4.69, 9.17) is 4.74 Å². The molecule has 1 N–H and O–H groups in total. The zero-order valence-electron chi connectivity index (χ0n) is 11.3. The number of aromatic amines is 1. The van der Waals surface area contributed by atoms with Crippen molar-refractivity contribution in [3.8, 4) is 17.1 Å². The summed E-state index contributed by atoms with van der Waals surface area (Å²) in [6.07, 6.45) is 5.49. The Kier molecular flexibility index (Phi) is 3.58. The molecular weight excluding hydrogens is 252 g/mol. The van der Waals surface area contributed by atoms with Gasteiger partial charge in [-0.2, -0.15) is 0 Å². The van der Waals surface area contributed by atoms with Crippen LogP contribution in [0.2, 0.25) is 0 Å². The van der Waals surface area contributed by atoms with Crippen LogP contribution >= 0.6 is 0 Å². The van der Waals surface area contributed by atoms with Crippen LogP contribution < -0.4 is 4.74 Å². The molecule has 0 radical (unpaired) electrons. The normalized spacial score (nSPS) is 10.8. The molecule has 0 fully saturated rings. The fraction of sp³-hybridized carbons (Fsp3) is 0.267. The van der Waals surface area contributed by atoms with E-state index in [1.807, 2.05) is 24.3 Å². The molecule has 0 bridgehead atoms. The summed E-state index contributed by atoms with van der Waals surface area (Å²) in [7, 11) is 0. The Morgan fingerprint density at radius 3 is 2.65 bits per heavy atom. The van der Waals surface area contributed by atoms with Gasteiger partial charge in [-0.3, -0.25) is 0 Å². The van der Waals surface area contributed by atoms with Gasteiger partial charge in [0.2, 0.25) is 0 Å². The molecular formula is C15H16N4O. The van der Waals surface area contributed by atoms with Crippen molar-refractivity contribution in [1.82, 2.24) is 19.9 Å². The first-order valence-electron chi connectivity index (χ1n) is 6.77. The Balaban J connectivity index is 1.79. The molecule has 1 aromatic carbocycles. The quantitative estimate of drug-likeness (QED) is 0.722. The van der Waals surface area contributed by atoms with Crippen molar-refractivity contribution in [2.45, 2.75) is 19.8 Å². The number of aromatic nitrogens is 4. The van der Waals surface area contributed by atoms with Crippen LogP contribution in [0.4, 0.5) is 0 Å². The largest absolute Gasteiger partial charge is 0.494 e. The lowest BCUT2D eigenvalue weighted by atomic mass is 10.2. The third-order valence-corrected chi connectivity index (χ3v) is 3.03. The predicted octanol–water partition coefficient (Wildman–Crippen LogP) is 3.20. The van der Waals surface area contributed by atoms with E-state index < -0.39 is 0 Å². The summed E-state index contributed by atoms with van der Waals surface area (Å²) in [6.45, 7) is 2.91. The van der Waals surface area contributed by atoms with Crippen LogP contribution in [0.25, 0.3) is 22.7 Å². The minimum absolute atomic E-state index is 0.630. The summed E-state index contributed by atoms with van der Waals surface area (Å²) < 4.78 is 5.64. The first-order valence-corrected chi connectivity index (χ1v) is 6.77. The van der Waals surface area contributed by atoms with Gasteiger partial charge in [0.15, 0.2) is 11.3 Å². The van der Waals surface area contributed by atoms with Gasteiger partial charge in [-0.1, -0.05) is 13.3 Å². The van der Waals surface area contributed by atoms with E-state index >= 15 is 0 Å². The van der Waals surface area contributed by atoms with Gasteiger partial charge in [0, 0.05) is 18.0 Å². The van der Waals surface area contributed by atoms with Crippen molar-refractivity contribution in [1.29, 1.82) is 0 Å². The number of hydrogen-bond donors (Lipinski definition) is 1. The highest BCUT2D eigenvalue weighted by Gasteiger charge is 2.06. The van der Waals surface area contributed by atoms with Crippen LogP contribution in [-0.4, -0.2) is 26.5 Å². The molecule has 0 spiro atoms. The van der Waals surface area contributed by atoms with Crippen molar-refractivity contribution < 1.29 is 4.74 Å². The zero-order valence-corrected chi connectivity index (χ0v) is 11.3. The molecule has 20 heavy (non-hydrogen) atoms. The highest BCUT2D eigenvalue weighted by atomic mass is 16.5. The fourth-order valence-corrected chi connectivity index (χ4v) is 1.93. The molecule has 0 aliphatic heterocycles. The average Bonchev–Trinajstić information content (AvgIpc) is 2.92. The number of hydrogen-bond acceptors (Lipinski definition) is 4. The Hall–Kier alpha value is -2.43. The highest BCUT2D eigenvalue weighted by Crippen LogP contribution is 2.21. The Morgan fingerprint density at radius 2 is 1.90 bits per heavy atom. The monoisotopic (exact) mass is 268 g/mol. The van der Waals surface area contributed by atoms with Gasteiger partial charge in [-0.15, -0.1) is 0 Å². The number of ether oxygens (including phenoxy) is 1. The molecule has 0 saturated carbocycles. The van der Waals surface area contributed by atoms with E-state index in [0.717, 1.165) is 36.6 Å². The summed E-state index contributed by atoms with van der Waals surface area (Å²) in [5.41, 5.74) is 2.32. The van der Waals surface area contributed by atoms with Crippen LogP contribution in [0, 0.1) is 0 Å². The summed E-state index contributed by atoms with van der Waals surface area (Å²) in [5, 5.41) is 0. The van der Waals surface area contributed by atoms with Crippen LogP contribution in [-0.2, 0) is 0 Å². The summed E-state index contributed by atoms with van der Waals surface area (Å²) in [5.74, 6) is 1.65. The third-order valence-electron chi connectivity index (χ3n) is 3.03. The van der Waals surface area contributed by atoms with Crippen molar-refractivity contribution >= 4 is 11.3 Å². The molecule has 3 aromatic rings. The molecule has 0 aliphatic carbocycles. The molecule has 0 saturated heterocycles. The van der Waals surface area contributed by atoms with E-state index in [2.05, 4.69) is 26.9 Å². The van der Waals surface area contributed by atoms with Crippen molar-refractivity contribution in [2.24, 2.45) is 0 Å². The lowest BCUT2D eigenvalue weighted by Crippen LogP contribution is -1.96. The van der Waals surface area contributed by atoms with Crippen molar-refractivity contribution in [2.75, 3.05) is 6.61 Å². The molecule has 5 heteroatoms. The Bertz CT molecular complexity index is 657. The second-order valence-electron chi connectivity index (χ2n) is 4.54. The van der Waals surface area contributed by atoms with Gasteiger partial charge in [0.05, 0.1) is 6.61 Å². The molecule has 0 amide bonds. The van der Waals surface area contributed by atoms with Crippen LogP contribution in [0.5, 0.6) is 5.75 Å². The van der Waals surface area contributed by atoms with Gasteiger partial charge in [-0.25, -0.2) is 15.0 Å². The Morgan fingerprint density at radius 1 is 1.10 bits per heavy atom. The summed E-state index contributed by atoms with van der Waals surface area (Å²) >= 11 is 0. The van der Waals surface area contributed by atoms with Gasteiger partial charge in [-0.05, 0) is 30.7 Å². The van der Waals surface area contributed by atoms with Crippen LogP contribution in [0.1, 0.15) is 19.8 Å². The standard InChI is InChI=1S/C15H16N4O/c1-2-3-10-20-12-6-4-11(5-7-12)13-18-14-15(19-13)17-9-8-16-14/h4-9H,2-3,10H2,1H3,(H,16,17,18,19). The Labute approximate surface area is 117 Å². The molecule has 0 unspecified atom stereocenters. The number of H-pyrrole nitrogens is 1. The van der Waals surface area contributed by atoms with Gasteiger partial charge in [0.25, 0.3) is 0 Å². The number of fused-ring (bicyclic) bond motifs is 1. The smallest absolute Gasteiger partial charge is 0.197 e. The predicted molar refractivity (Wildman–Crippen MR) is 77.5 cm³/mol. The van der Waals surface area contributed by atoms with E-state index in [1.165, 1.54) is 0 Å². The molecule has 0 atom stereocenters. The average molecular weight is 268 g/mol.